The first-order valence-electron chi connectivity index (χ1n) is 9.44. The molecule has 1 heterocycles. The Balaban J connectivity index is 1.53. The molecule has 0 radical (unpaired) electrons. The van der Waals surface area contributed by atoms with Crippen LogP contribution < -0.4 is 15.6 Å². The number of benzene rings is 2. The summed E-state index contributed by atoms with van der Waals surface area (Å²) in [6.07, 6.45) is 2.24. The molecule has 0 saturated heterocycles. The summed E-state index contributed by atoms with van der Waals surface area (Å²) in [5.74, 6) is 0.594. The monoisotopic (exact) mass is 410 g/mol. The number of nitrogens with one attached hydrogen (secondary N) is 1. The SMILES string of the molecule is Cc1cccc(OCCCNC(=O)c2ccc(=O)n(Cc3ccccc3Cl)c2)c1. The lowest BCUT2D eigenvalue weighted by Gasteiger charge is -2.11. The lowest BCUT2D eigenvalue weighted by molar-refractivity contribution is 0.0950. The highest BCUT2D eigenvalue weighted by molar-refractivity contribution is 6.31. The van der Waals surface area contributed by atoms with Gasteiger partial charge in [-0.3, -0.25) is 9.59 Å². The van der Waals surface area contributed by atoms with Crippen molar-refractivity contribution >= 4 is 17.5 Å². The Bertz CT molecular complexity index is 1050. The summed E-state index contributed by atoms with van der Waals surface area (Å²) in [6.45, 7) is 3.31. The number of rotatable bonds is 8. The zero-order valence-corrected chi connectivity index (χ0v) is 17.0. The summed E-state index contributed by atoms with van der Waals surface area (Å²) >= 11 is 6.17. The number of carbonyl (C=O) groups is 1. The van der Waals surface area contributed by atoms with Crippen LogP contribution in [0.1, 0.15) is 27.9 Å². The molecule has 1 amide bonds. The minimum Gasteiger partial charge on any atom is -0.494 e. The first-order valence-corrected chi connectivity index (χ1v) is 9.82. The number of carbonyl (C=O) groups excluding carboxylic acids is 1. The van der Waals surface area contributed by atoms with Gasteiger partial charge in [0.05, 0.1) is 18.7 Å². The number of aryl methyl sites for hydroxylation is 1. The Hall–Kier alpha value is -3.05. The van der Waals surface area contributed by atoms with E-state index in [0.29, 0.717) is 36.7 Å². The van der Waals surface area contributed by atoms with E-state index in [0.717, 1.165) is 16.9 Å². The molecule has 0 atom stereocenters. The van der Waals surface area contributed by atoms with Gasteiger partial charge in [0.15, 0.2) is 0 Å². The van der Waals surface area contributed by atoms with Gasteiger partial charge in [0, 0.05) is 23.8 Å². The second-order valence-corrected chi connectivity index (χ2v) is 7.16. The van der Waals surface area contributed by atoms with Gasteiger partial charge < -0.3 is 14.6 Å². The fourth-order valence-corrected chi connectivity index (χ4v) is 3.07. The van der Waals surface area contributed by atoms with E-state index in [1.54, 1.807) is 12.3 Å². The molecule has 3 rings (SSSR count). The molecular weight excluding hydrogens is 388 g/mol. The molecule has 1 N–H and O–H groups in total. The molecule has 0 bridgehead atoms. The molecule has 0 aliphatic rings. The predicted molar refractivity (Wildman–Crippen MR) is 115 cm³/mol. The standard InChI is InChI=1S/C23H23ClN2O3/c1-17-6-4-8-20(14-17)29-13-5-12-25-23(28)19-10-11-22(27)26(16-19)15-18-7-2-3-9-21(18)24/h2-4,6-11,14,16H,5,12-13,15H2,1H3,(H,25,28). The third kappa shape index (κ3) is 5.96. The normalized spacial score (nSPS) is 10.6. The number of amides is 1. The van der Waals surface area contributed by atoms with Crippen molar-refractivity contribution in [3.05, 3.63) is 98.9 Å². The molecule has 150 valence electrons. The van der Waals surface area contributed by atoms with Gasteiger partial charge in [-0.2, -0.15) is 0 Å². The Morgan fingerprint density at radius 3 is 2.72 bits per heavy atom. The molecule has 2 aromatic carbocycles. The molecule has 1 aromatic heterocycles. The maximum Gasteiger partial charge on any atom is 0.252 e. The highest BCUT2D eigenvalue weighted by Gasteiger charge is 2.09. The number of pyridine rings is 1. The fourth-order valence-electron chi connectivity index (χ4n) is 2.87. The minimum atomic E-state index is -0.228. The molecule has 3 aromatic rings. The number of aromatic nitrogens is 1. The molecule has 0 aliphatic carbocycles. The summed E-state index contributed by atoms with van der Waals surface area (Å²) in [5.41, 5.74) is 2.20. The van der Waals surface area contributed by atoms with Crippen LogP contribution in [0.2, 0.25) is 5.02 Å². The second kappa shape index (κ2) is 9.94. The van der Waals surface area contributed by atoms with Crippen molar-refractivity contribution in [1.82, 2.24) is 9.88 Å². The molecule has 0 aliphatic heterocycles. The maximum absolute atomic E-state index is 12.4. The van der Waals surface area contributed by atoms with E-state index in [4.69, 9.17) is 16.3 Å². The van der Waals surface area contributed by atoms with Crippen molar-refractivity contribution in [3.63, 3.8) is 0 Å². The second-order valence-electron chi connectivity index (χ2n) is 6.75. The van der Waals surface area contributed by atoms with E-state index in [-0.39, 0.29) is 11.5 Å². The van der Waals surface area contributed by atoms with Gasteiger partial charge in [-0.1, -0.05) is 41.9 Å². The van der Waals surface area contributed by atoms with Gasteiger partial charge in [0.1, 0.15) is 5.75 Å². The first kappa shape index (κ1) is 20.7. The van der Waals surface area contributed by atoms with Crippen LogP contribution >= 0.6 is 11.6 Å². The summed E-state index contributed by atoms with van der Waals surface area (Å²) in [6, 6.07) is 18.1. The summed E-state index contributed by atoms with van der Waals surface area (Å²) in [4.78, 5) is 24.6. The molecule has 0 saturated carbocycles. The van der Waals surface area contributed by atoms with E-state index >= 15 is 0 Å². The average molecular weight is 411 g/mol. The Labute approximate surface area is 174 Å². The van der Waals surface area contributed by atoms with Gasteiger partial charge >= 0.3 is 0 Å². The van der Waals surface area contributed by atoms with Crippen LogP contribution in [0, 0.1) is 6.92 Å². The van der Waals surface area contributed by atoms with Crippen LogP contribution in [0.5, 0.6) is 5.75 Å². The van der Waals surface area contributed by atoms with E-state index in [1.165, 1.54) is 16.7 Å². The zero-order chi connectivity index (χ0) is 20.6. The zero-order valence-electron chi connectivity index (χ0n) is 16.2. The largest absolute Gasteiger partial charge is 0.494 e. The minimum absolute atomic E-state index is 0.187. The Morgan fingerprint density at radius 2 is 1.93 bits per heavy atom. The lowest BCUT2D eigenvalue weighted by Crippen LogP contribution is -2.28. The summed E-state index contributed by atoms with van der Waals surface area (Å²) in [5, 5.41) is 3.44. The van der Waals surface area contributed by atoms with Crippen molar-refractivity contribution in [2.45, 2.75) is 19.9 Å². The average Bonchev–Trinajstić information content (AvgIpc) is 2.71. The third-order valence-electron chi connectivity index (χ3n) is 4.41. The van der Waals surface area contributed by atoms with Crippen LogP contribution in [0.15, 0.2) is 71.7 Å². The van der Waals surface area contributed by atoms with E-state index in [2.05, 4.69) is 5.32 Å². The molecule has 5 nitrogen and oxygen atoms in total. The summed E-state index contributed by atoms with van der Waals surface area (Å²) < 4.78 is 7.16. The molecule has 0 fully saturated rings. The van der Waals surface area contributed by atoms with Crippen molar-refractivity contribution in [2.75, 3.05) is 13.2 Å². The van der Waals surface area contributed by atoms with E-state index < -0.39 is 0 Å². The Morgan fingerprint density at radius 1 is 1.10 bits per heavy atom. The van der Waals surface area contributed by atoms with Gasteiger partial charge in [0.25, 0.3) is 11.5 Å². The van der Waals surface area contributed by atoms with Crippen molar-refractivity contribution in [3.8, 4) is 5.75 Å². The Kier molecular flexibility index (Phi) is 7.09. The summed E-state index contributed by atoms with van der Waals surface area (Å²) in [7, 11) is 0. The van der Waals surface area contributed by atoms with Crippen LogP contribution in [0.3, 0.4) is 0 Å². The first-order chi connectivity index (χ1) is 14.0. The quantitative estimate of drug-likeness (QED) is 0.570. The maximum atomic E-state index is 12.4. The number of halogens is 1. The third-order valence-corrected chi connectivity index (χ3v) is 4.78. The van der Waals surface area contributed by atoms with Gasteiger partial charge in [-0.15, -0.1) is 0 Å². The van der Waals surface area contributed by atoms with Crippen molar-refractivity contribution in [1.29, 1.82) is 0 Å². The highest BCUT2D eigenvalue weighted by Crippen LogP contribution is 2.16. The molecule has 0 spiro atoms. The van der Waals surface area contributed by atoms with E-state index in [9.17, 15) is 9.59 Å². The fraction of sp³-hybridized carbons (Fsp3) is 0.217. The molecule has 0 unspecified atom stereocenters. The molecule has 6 heteroatoms. The van der Waals surface area contributed by atoms with Crippen molar-refractivity contribution in [2.24, 2.45) is 0 Å². The molecule has 29 heavy (non-hydrogen) atoms. The number of ether oxygens (including phenoxy) is 1. The van der Waals surface area contributed by atoms with Gasteiger partial charge in [-0.25, -0.2) is 0 Å². The number of hydrogen-bond acceptors (Lipinski definition) is 3. The van der Waals surface area contributed by atoms with Crippen LogP contribution in [0.4, 0.5) is 0 Å². The van der Waals surface area contributed by atoms with E-state index in [1.807, 2.05) is 49.4 Å². The smallest absolute Gasteiger partial charge is 0.252 e. The van der Waals surface area contributed by atoms with Crippen molar-refractivity contribution < 1.29 is 9.53 Å². The molecular formula is C23H23ClN2O3. The van der Waals surface area contributed by atoms with Crippen LogP contribution in [-0.4, -0.2) is 23.6 Å². The van der Waals surface area contributed by atoms with Gasteiger partial charge in [-0.05, 0) is 48.7 Å². The van der Waals surface area contributed by atoms with Crippen LogP contribution in [-0.2, 0) is 6.54 Å². The van der Waals surface area contributed by atoms with Gasteiger partial charge in [0.2, 0.25) is 0 Å². The topological polar surface area (TPSA) is 60.3 Å². The lowest BCUT2D eigenvalue weighted by atomic mass is 10.2. The highest BCUT2D eigenvalue weighted by atomic mass is 35.5. The van der Waals surface area contributed by atoms with Crippen LogP contribution in [0.25, 0.3) is 0 Å². The predicted octanol–water partition coefficient (Wildman–Crippen LogP) is 4.06. The number of nitrogens with zero attached hydrogens (tertiary/aromatic N) is 1. The number of hydrogen-bond donors (Lipinski definition) is 1.